The summed E-state index contributed by atoms with van der Waals surface area (Å²) in [5.41, 5.74) is 0.394. The van der Waals surface area contributed by atoms with Crippen molar-refractivity contribution in [3.05, 3.63) is 35.4 Å². The molecular formula is C20H27N3O5. The molecule has 1 aliphatic heterocycles. The zero-order chi connectivity index (χ0) is 20.9. The fourth-order valence-corrected chi connectivity index (χ4v) is 3.07. The number of nitrogens with one attached hydrogen (secondary N) is 2. The van der Waals surface area contributed by atoms with Gasteiger partial charge in [-0.1, -0.05) is 43.2 Å². The number of nitrogens with zero attached hydrogens (tertiary/aromatic N) is 1. The quantitative estimate of drug-likeness (QED) is 0.519. The third kappa shape index (κ3) is 4.88. The van der Waals surface area contributed by atoms with Crippen LogP contribution < -0.4 is 10.6 Å². The van der Waals surface area contributed by atoms with Crippen LogP contribution in [0, 0.1) is 6.92 Å². The lowest BCUT2D eigenvalue weighted by Gasteiger charge is -2.22. The molecule has 0 aromatic heterocycles. The van der Waals surface area contributed by atoms with Crippen molar-refractivity contribution < 1.29 is 23.9 Å². The Labute approximate surface area is 164 Å². The van der Waals surface area contributed by atoms with E-state index in [2.05, 4.69) is 10.6 Å². The molecule has 1 aromatic carbocycles. The van der Waals surface area contributed by atoms with Crippen LogP contribution >= 0.6 is 0 Å². The summed E-state index contributed by atoms with van der Waals surface area (Å²) in [5.74, 6) is -1.79. The van der Waals surface area contributed by atoms with Crippen molar-refractivity contribution in [2.45, 2.75) is 52.1 Å². The van der Waals surface area contributed by atoms with E-state index in [0.29, 0.717) is 5.56 Å². The summed E-state index contributed by atoms with van der Waals surface area (Å²) in [5, 5.41) is 5.34. The van der Waals surface area contributed by atoms with E-state index >= 15 is 0 Å². The molecule has 2 rings (SSSR count). The van der Waals surface area contributed by atoms with Gasteiger partial charge < -0.3 is 15.4 Å². The molecule has 0 aliphatic carbocycles. The molecule has 28 heavy (non-hydrogen) atoms. The molecule has 1 fully saturated rings. The molecule has 1 heterocycles. The number of rotatable bonds is 8. The third-order valence-electron chi connectivity index (χ3n) is 4.68. The summed E-state index contributed by atoms with van der Waals surface area (Å²) < 4.78 is 4.91. The minimum Gasteiger partial charge on any atom is -0.454 e. The fourth-order valence-electron chi connectivity index (χ4n) is 3.07. The Bertz CT molecular complexity index is 762. The zero-order valence-electron chi connectivity index (χ0n) is 16.7. The summed E-state index contributed by atoms with van der Waals surface area (Å²) in [7, 11) is 0. The van der Waals surface area contributed by atoms with Gasteiger partial charge in [0.15, 0.2) is 6.61 Å². The summed E-state index contributed by atoms with van der Waals surface area (Å²) in [6.07, 6.45) is 1.74. The fraction of sp³-hybridized carbons (Fsp3) is 0.500. The summed E-state index contributed by atoms with van der Waals surface area (Å²) in [6.45, 7) is 6.37. The van der Waals surface area contributed by atoms with Crippen LogP contribution in [-0.2, 0) is 24.7 Å². The number of benzene rings is 1. The highest BCUT2D eigenvalue weighted by Gasteiger charge is 2.49. The van der Waals surface area contributed by atoms with Gasteiger partial charge in [-0.3, -0.25) is 19.3 Å². The van der Waals surface area contributed by atoms with Crippen molar-refractivity contribution in [2.24, 2.45) is 0 Å². The molecule has 0 unspecified atom stereocenters. The van der Waals surface area contributed by atoms with Crippen molar-refractivity contribution in [1.29, 1.82) is 0 Å². The van der Waals surface area contributed by atoms with E-state index < -0.39 is 42.5 Å². The van der Waals surface area contributed by atoms with Crippen LogP contribution in [0.25, 0.3) is 0 Å². The molecule has 0 saturated carbocycles. The number of imide groups is 1. The van der Waals surface area contributed by atoms with Gasteiger partial charge in [0.25, 0.3) is 11.8 Å². The van der Waals surface area contributed by atoms with Crippen LogP contribution in [0.5, 0.6) is 0 Å². The Morgan fingerprint density at radius 2 is 1.89 bits per heavy atom. The Balaban J connectivity index is 1.94. The van der Waals surface area contributed by atoms with Gasteiger partial charge in [0, 0.05) is 6.04 Å². The molecule has 0 radical (unpaired) electrons. The maximum Gasteiger partial charge on any atom is 0.326 e. The highest BCUT2D eigenvalue weighted by molar-refractivity contribution is 6.08. The maximum atomic E-state index is 12.8. The van der Waals surface area contributed by atoms with Crippen LogP contribution in [0.2, 0.25) is 0 Å². The Morgan fingerprint density at radius 3 is 2.50 bits per heavy atom. The van der Waals surface area contributed by atoms with Gasteiger partial charge in [0.1, 0.15) is 12.1 Å². The molecule has 2 N–H and O–H groups in total. The molecule has 152 valence electrons. The highest BCUT2D eigenvalue weighted by atomic mass is 16.5. The molecule has 0 bridgehead atoms. The molecule has 1 aromatic rings. The first-order valence-electron chi connectivity index (χ1n) is 9.33. The van der Waals surface area contributed by atoms with Gasteiger partial charge in [-0.05, 0) is 32.8 Å². The lowest BCUT2D eigenvalue weighted by molar-refractivity contribution is -0.151. The molecule has 4 amide bonds. The Kier molecular flexibility index (Phi) is 6.77. The predicted molar refractivity (Wildman–Crippen MR) is 102 cm³/mol. The van der Waals surface area contributed by atoms with E-state index in [0.717, 1.165) is 23.3 Å². The van der Waals surface area contributed by atoms with Crippen LogP contribution in [0.3, 0.4) is 0 Å². The summed E-state index contributed by atoms with van der Waals surface area (Å²) >= 11 is 0. The smallest absolute Gasteiger partial charge is 0.326 e. The number of urea groups is 1. The van der Waals surface area contributed by atoms with Gasteiger partial charge in [-0.2, -0.15) is 0 Å². The molecule has 2 atom stereocenters. The maximum absolute atomic E-state index is 12.8. The second-order valence-corrected chi connectivity index (χ2v) is 7.23. The van der Waals surface area contributed by atoms with Crippen molar-refractivity contribution >= 4 is 23.8 Å². The first-order valence-corrected chi connectivity index (χ1v) is 9.33. The lowest BCUT2D eigenvalue weighted by Crippen LogP contribution is -2.42. The van der Waals surface area contributed by atoms with Crippen LogP contribution in [0.4, 0.5) is 4.79 Å². The topological polar surface area (TPSA) is 105 Å². The number of carbonyl (C=O) groups excluding carboxylic acids is 4. The van der Waals surface area contributed by atoms with Crippen molar-refractivity contribution in [3.8, 4) is 0 Å². The standard InChI is InChI=1S/C20H27N3O5/c1-5-6-14(3)21-16(24)12-28-17(25)11-23-18(26)20(4,22-19(23)27)15-9-7-13(2)8-10-15/h7-10,14H,5-6,11-12H2,1-4H3,(H,21,24)(H,22,27)/t14-,20+/m1/s1. The van der Waals surface area contributed by atoms with Gasteiger partial charge in [-0.15, -0.1) is 0 Å². The number of amides is 4. The van der Waals surface area contributed by atoms with E-state index in [1.165, 1.54) is 0 Å². The average Bonchev–Trinajstić information content (AvgIpc) is 2.84. The molecule has 8 nitrogen and oxygen atoms in total. The predicted octanol–water partition coefficient (Wildman–Crippen LogP) is 1.61. The SMILES string of the molecule is CCC[C@@H](C)NC(=O)COC(=O)CN1C(=O)N[C@@](C)(c2ccc(C)cc2)C1=O. The first kappa shape index (κ1) is 21.4. The van der Waals surface area contributed by atoms with E-state index in [1.807, 2.05) is 32.9 Å². The van der Waals surface area contributed by atoms with E-state index in [-0.39, 0.29) is 6.04 Å². The second-order valence-electron chi connectivity index (χ2n) is 7.23. The summed E-state index contributed by atoms with van der Waals surface area (Å²) in [4.78, 5) is 49.6. The van der Waals surface area contributed by atoms with Gasteiger partial charge in [0.05, 0.1) is 0 Å². The van der Waals surface area contributed by atoms with E-state index in [1.54, 1.807) is 19.1 Å². The lowest BCUT2D eigenvalue weighted by atomic mass is 9.91. The van der Waals surface area contributed by atoms with Crippen LogP contribution in [0.1, 0.15) is 44.7 Å². The highest BCUT2D eigenvalue weighted by Crippen LogP contribution is 2.28. The molecule has 1 aliphatic rings. The van der Waals surface area contributed by atoms with Crippen molar-refractivity contribution in [2.75, 3.05) is 13.2 Å². The normalized spacial score (nSPS) is 19.9. The van der Waals surface area contributed by atoms with Crippen molar-refractivity contribution in [1.82, 2.24) is 15.5 Å². The third-order valence-corrected chi connectivity index (χ3v) is 4.68. The van der Waals surface area contributed by atoms with Gasteiger partial charge in [0.2, 0.25) is 0 Å². The first-order chi connectivity index (χ1) is 13.2. The van der Waals surface area contributed by atoms with Gasteiger partial charge in [-0.25, -0.2) is 4.79 Å². The minimum atomic E-state index is -1.25. The van der Waals surface area contributed by atoms with Crippen molar-refractivity contribution in [3.63, 3.8) is 0 Å². The number of aryl methyl sites for hydroxylation is 1. The van der Waals surface area contributed by atoms with Crippen LogP contribution in [0.15, 0.2) is 24.3 Å². The molecule has 1 saturated heterocycles. The second kappa shape index (κ2) is 8.86. The largest absolute Gasteiger partial charge is 0.454 e. The molecular weight excluding hydrogens is 362 g/mol. The minimum absolute atomic E-state index is 0.0163. The molecule has 8 heteroatoms. The number of ether oxygens (including phenoxy) is 1. The van der Waals surface area contributed by atoms with E-state index in [4.69, 9.17) is 4.74 Å². The Morgan fingerprint density at radius 1 is 1.25 bits per heavy atom. The number of hydrogen-bond donors (Lipinski definition) is 2. The molecule has 0 spiro atoms. The number of carbonyl (C=O) groups is 4. The zero-order valence-corrected chi connectivity index (χ0v) is 16.7. The Hall–Kier alpha value is -2.90. The van der Waals surface area contributed by atoms with E-state index in [9.17, 15) is 19.2 Å². The number of esters is 1. The monoisotopic (exact) mass is 389 g/mol. The number of hydrogen-bond acceptors (Lipinski definition) is 5. The van der Waals surface area contributed by atoms with Crippen LogP contribution in [-0.4, -0.2) is 47.9 Å². The van der Waals surface area contributed by atoms with Gasteiger partial charge >= 0.3 is 12.0 Å². The summed E-state index contributed by atoms with van der Waals surface area (Å²) in [6, 6.07) is 6.52. The average molecular weight is 389 g/mol.